The van der Waals surface area contributed by atoms with E-state index in [-0.39, 0.29) is 17.9 Å². The molecule has 0 saturated carbocycles. The van der Waals surface area contributed by atoms with Gasteiger partial charge in [-0.1, -0.05) is 31.5 Å². The standard InChI is InChI=1S/C17H17ClN2O2/c1-17(2,9-21)10-3-6-13-15(7-10)19-14-8-11(18)4-5-12(14)16(22)20-13/h3-8,19,21H,9H2,1-2H3,(H,20,22). The molecule has 5 heteroatoms. The second-order valence-corrected chi connectivity index (χ2v) is 6.51. The molecule has 0 radical (unpaired) electrons. The number of benzene rings is 2. The first-order valence-corrected chi connectivity index (χ1v) is 7.42. The highest BCUT2D eigenvalue weighted by Gasteiger charge is 2.23. The van der Waals surface area contributed by atoms with Gasteiger partial charge in [-0.3, -0.25) is 4.79 Å². The molecule has 1 aliphatic rings. The Morgan fingerprint density at radius 3 is 2.55 bits per heavy atom. The first-order chi connectivity index (χ1) is 10.4. The summed E-state index contributed by atoms with van der Waals surface area (Å²) in [7, 11) is 0. The van der Waals surface area contributed by atoms with Crippen LogP contribution < -0.4 is 10.6 Å². The van der Waals surface area contributed by atoms with Crippen LogP contribution in [-0.2, 0) is 5.41 Å². The Hall–Kier alpha value is -2.04. The number of aliphatic hydroxyl groups is 1. The van der Waals surface area contributed by atoms with Crippen molar-refractivity contribution >= 4 is 34.6 Å². The largest absolute Gasteiger partial charge is 0.395 e. The van der Waals surface area contributed by atoms with Gasteiger partial charge in [0, 0.05) is 10.4 Å². The second-order valence-electron chi connectivity index (χ2n) is 6.07. The fourth-order valence-electron chi connectivity index (χ4n) is 2.42. The van der Waals surface area contributed by atoms with Crippen LogP contribution in [0, 0.1) is 0 Å². The lowest BCUT2D eigenvalue weighted by molar-refractivity contribution is 0.102. The molecule has 4 nitrogen and oxygen atoms in total. The smallest absolute Gasteiger partial charge is 0.257 e. The predicted octanol–water partition coefficient (Wildman–Crippen LogP) is 3.92. The van der Waals surface area contributed by atoms with Gasteiger partial charge in [-0.2, -0.15) is 0 Å². The van der Waals surface area contributed by atoms with Gasteiger partial charge in [-0.15, -0.1) is 0 Å². The summed E-state index contributed by atoms with van der Waals surface area (Å²) in [6, 6.07) is 10.8. The highest BCUT2D eigenvalue weighted by Crippen LogP contribution is 2.36. The third-order valence-corrected chi connectivity index (χ3v) is 4.18. The normalized spacial score (nSPS) is 13.5. The Balaban J connectivity index is 2.10. The van der Waals surface area contributed by atoms with Crippen LogP contribution in [0.4, 0.5) is 17.1 Å². The Kier molecular flexibility index (Phi) is 3.59. The summed E-state index contributed by atoms with van der Waals surface area (Å²) in [5.41, 5.74) is 3.33. The van der Waals surface area contributed by atoms with E-state index in [0.717, 1.165) is 11.3 Å². The molecular weight excluding hydrogens is 300 g/mol. The van der Waals surface area contributed by atoms with Crippen molar-refractivity contribution in [3.05, 3.63) is 52.5 Å². The fraction of sp³-hybridized carbons (Fsp3) is 0.235. The van der Waals surface area contributed by atoms with Crippen molar-refractivity contribution < 1.29 is 9.90 Å². The zero-order valence-electron chi connectivity index (χ0n) is 12.4. The molecular formula is C17H17ClN2O2. The Morgan fingerprint density at radius 1 is 1.05 bits per heavy atom. The number of anilines is 3. The van der Waals surface area contributed by atoms with Gasteiger partial charge in [0.2, 0.25) is 0 Å². The van der Waals surface area contributed by atoms with Crippen LogP contribution in [0.1, 0.15) is 29.8 Å². The quantitative estimate of drug-likeness (QED) is 0.787. The maximum absolute atomic E-state index is 12.3. The number of amides is 1. The van der Waals surface area contributed by atoms with Crippen LogP contribution in [0.5, 0.6) is 0 Å². The SMILES string of the molecule is CC(C)(CO)c1ccc2c(c1)Nc1cc(Cl)ccc1C(=O)N2. The highest BCUT2D eigenvalue weighted by molar-refractivity contribution is 6.31. The number of carbonyl (C=O) groups is 1. The van der Waals surface area contributed by atoms with Crippen molar-refractivity contribution in [2.75, 3.05) is 17.2 Å². The number of hydrogen-bond donors (Lipinski definition) is 3. The molecule has 3 rings (SSSR count). The molecule has 0 aliphatic carbocycles. The lowest BCUT2D eigenvalue weighted by atomic mass is 9.85. The molecule has 2 aromatic carbocycles. The Bertz CT molecular complexity index is 756. The minimum absolute atomic E-state index is 0.0422. The lowest BCUT2D eigenvalue weighted by Crippen LogP contribution is -2.22. The van der Waals surface area contributed by atoms with E-state index in [1.54, 1.807) is 18.2 Å². The van der Waals surface area contributed by atoms with Crippen molar-refractivity contribution in [3.8, 4) is 0 Å². The monoisotopic (exact) mass is 316 g/mol. The summed E-state index contributed by atoms with van der Waals surface area (Å²) in [5, 5.41) is 16.2. The molecule has 0 atom stereocenters. The van der Waals surface area contributed by atoms with E-state index in [4.69, 9.17) is 11.6 Å². The molecule has 0 bridgehead atoms. The average Bonchev–Trinajstić information content (AvgIpc) is 2.61. The van der Waals surface area contributed by atoms with Crippen LogP contribution in [-0.4, -0.2) is 17.6 Å². The summed E-state index contributed by atoms with van der Waals surface area (Å²) < 4.78 is 0. The van der Waals surface area contributed by atoms with Gasteiger partial charge < -0.3 is 15.7 Å². The van der Waals surface area contributed by atoms with Gasteiger partial charge in [0.05, 0.1) is 29.2 Å². The van der Waals surface area contributed by atoms with Crippen LogP contribution in [0.25, 0.3) is 0 Å². The molecule has 1 aliphatic heterocycles. The third-order valence-electron chi connectivity index (χ3n) is 3.94. The molecule has 2 aromatic rings. The van der Waals surface area contributed by atoms with E-state index in [9.17, 15) is 9.90 Å². The molecule has 22 heavy (non-hydrogen) atoms. The molecule has 0 unspecified atom stereocenters. The van der Waals surface area contributed by atoms with Crippen molar-refractivity contribution in [1.82, 2.24) is 0 Å². The summed E-state index contributed by atoms with van der Waals surface area (Å²) in [4.78, 5) is 12.3. The van der Waals surface area contributed by atoms with Crippen molar-refractivity contribution in [1.29, 1.82) is 0 Å². The van der Waals surface area contributed by atoms with Gasteiger partial charge in [0.25, 0.3) is 5.91 Å². The molecule has 3 N–H and O–H groups in total. The second kappa shape index (κ2) is 5.30. The van der Waals surface area contributed by atoms with E-state index in [1.165, 1.54) is 0 Å². The van der Waals surface area contributed by atoms with E-state index in [1.807, 2.05) is 32.0 Å². The van der Waals surface area contributed by atoms with Crippen LogP contribution in [0.15, 0.2) is 36.4 Å². The number of fused-ring (bicyclic) bond motifs is 2. The first-order valence-electron chi connectivity index (χ1n) is 7.04. The number of halogens is 1. The first kappa shape index (κ1) is 14.9. The lowest BCUT2D eigenvalue weighted by Gasteiger charge is -2.23. The van der Waals surface area contributed by atoms with E-state index in [2.05, 4.69) is 10.6 Å². The summed E-state index contributed by atoms with van der Waals surface area (Å²) >= 11 is 6.03. The molecule has 1 heterocycles. The van der Waals surface area contributed by atoms with Crippen molar-refractivity contribution in [2.24, 2.45) is 0 Å². The molecule has 0 spiro atoms. The summed E-state index contributed by atoms with van der Waals surface area (Å²) in [5.74, 6) is -0.174. The number of aliphatic hydroxyl groups excluding tert-OH is 1. The zero-order valence-corrected chi connectivity index (χ0v) is 13.2. The van der Waals surface area contributed by atoms with Crippen LogP contribution in [0.3, 0.4) is 0 Å². The van der Waals surface area contributed by atoms with Gasteiger partial charge in [0.1, 0.15) is 0 Å². The molecule has 1 amide bonds. The predicted molar refractivity (Wildman–Crippen MR) is 89.2 cm³/mol. The highest BCUT2D eigenvalue weighted by atomic mass is 35.5. The maximum atomic E-state index is 12.3. The molecule has 0 fully saturated rings. The summed E-state index contributed by atoms with van der Waals surface area (Å²) in [6.45, 7) is 3.98. The van der Waals surface area contributed by atoms with Crippen LogP contribution in [0.2, 0.25) is 5.02 Å². The molecule has 0 saturated heterocycles. The molecule has 0 aromatic heterocycles. The van der Waals surface area contributed by atoms with Gasteiger partial charge >= 0.3 is 0 Å². The minimum Gasteiger partial charge on any atom is -0.395 e. The fourth-order valence-corrected chi connectivity index (χ4v) is 2.59. The summed E-state index contributed by atoms with van der Waals surface area (Å²) in [6.07, 6.45) is 0. The van der Waals surface area contributed by atoms with Crippen LogP contribution >= 0.6 is 11.6 Å². The number of nitrogens with one attached hydrogen (secondary N) is 2. The number of rotatable bonds is 2. The van der Waals surface area contributed by atoms with Gasteiger partial charge in [0.15, 0.2) is 0 Å². The Labute approximate surface area is 134 Å². The average molecular weight is 317 g/mol. The van der Waals surface area contributed by atoms with E-state index >= 15 is 0 Å². The van der Waals surface area contributed by atoms with Gasteiger partial charge in [-0.05, 0) is 35.9 Å². The van der Waals surface area contributed by atoms with E-state index in [0.29, 0.717) is 22.0 Å². The third kappa shape index (κ3) is 2.56. The number of hydrogen-bond acceptors (Lipinski definition) is 3. The minimum atomic E-state index is -0.357. The number of carbonyl (C=O) groups excluding carboxylic acids is 1. The van der Waals surface area contributed by atoms with E-state index < -0.39 is 0 Å². The molecule has 114 valence electrons. The maximum Gasteiger partial charge on any atom is 0.257 e. The topological polar surface area (TPSA) is 61.4 Å². The Morgan fingerprint density at radius 2 is 1.82 bits per heavy atom. The zero-order chi connectivity index (χ0) is 15.9. The van der Waals surface area contributed by atoms with Gasteiger partial charge in [-0.25, -0.2) is 0 Å². The van der Waals surface area contributed by atoms with Crippen molar-refractivity contribution in [3.63, 3.8) is 0 Å². The van der Waals surface area contributed by atoms with Crippen molar-refractivity contribution in [2.45, 2.75) is 19.3 Å².